The van der Waals surface area contributed by atoms with Crippen LogP contribution in [0, 0.1) is 0 Å². The lowest BCUT2D eigenvalue weighted by Gasteiger charge is -2.23. The molecule has 1 N–H and O–H groups in total. The van der Waals surface area contributed by atoms with Crippen LogP contribution in [0.2, 0.25) is 0 Å². The molecule has 0 bridgehead atoms. The van der Waals surface area contributed by atoms with Crippen LogP contribution in [0.4, 0.5) is 0 Å². The van der Waals surface area contributed by atoms with Crippen LogP contribution in [-0.4, -0.2) is 24.6 Å². The summed E-state index contributed by atoms with van der Waals surface area (Å²) in [7, 11) is 0. The first-order valence-electron chi connectivity index (χ1n) is 6.28. The van der Waals surface area contributed by atoms with Gasteiger partial charge in [0.15, 0.2) is 6.29 Å². The molecule has 0 saturated carbocycles. The van der Waals surface area contributed by atoms with Crippen LogP contribution in [-0.2, 0) is 4.74 Å². The topological polar surface area (TPSA) is 38.7 Å². The number of hydrogen-bond donors (Lipinski definition) is 1. The fourth-order valence-electron chi connectivity index (χ4n) is 1.94. The van der Waals surface area contributed by atoms with Gasteiger partial charge in [0.05, 0.1) is 6.61 Å². The SMILES string of the molecule is CC(CO)c1ccc(OC2CCCCO2)cc1. The summed E-state index contributed by atoms with van der Waals surface area (Å²) in [5.74, 6) is 1.01. The molecule has 94 valence electrons. The second-order valence-corrected chi connectivity index (χ2v) is 4.57. The maximum absolute atomic E-state index is 9.07. The van der Waals surface area contributed by atoms with Gasteiger partial charge in [-0.2, -0.15) is 0 Å². The van der Waals surface area contributed by atoms with Crippen LogP contribution in [0.5, 0.6) is 5.75 Å². The molecule has 1 heterocycles. The van der Waals surface area contributed by atoms with Crippen molar-refractivity contribution >= 4 is 0 Å². The predicted octanol–water partition coefficient (Wildman–Crippen LogP) is 2.69. The summed E-state index contributed by atoms with van der Waals surface area (Å²) < 4.78 is 11.3. The summed E-state index contributed by atoms with van der Waals surface area (Å²) in [6, 6.07) is 7.89. The Morgan fingerprint density at radius 1 is 1.35 bits per heavy atom. The lowest BCUT2D eigenvalue weighted by molar-refractivity contribution is -0.105. The molecule has 2 atom stereocenters. The number of ether oxygens (including phenoxy) is 2. The van der Waals surface area contributed by atoms with Crippen molar-refractivity contribution in [1.82, 2.24) is 0 Å². The van der Waals surface area contributed by atoms with Gasteiger partial charge < -0.3 is 14.6 Å². The van der Waals surface area contributed by atoms with Crippen LogP contribution in [0.15, 0.2) is 24.3 Å². The van der Waals surface area contributed by atoms with Gasteiger partial charge >= 0.3 is 0 Å². The minimum absolute atomic E-state index is 0.0927. The molecule has 1 fully saturated rings. The number of benzene rings is 1. The minimum Gasteiger partial charge on any atom is -0.465 e. The van der Waals surface area contributed by atoms with Crippen LogP contribution in [0.3, 0.4) is 0 Å². The maximum atomic E-state index is 9.07. The largest absolute Gasteiger partial charge is 0.465 e. The Morgan fingerprint density at radius 3 is 2.71 bits per heavy atom. The van der Waals surface area contributed by atoms with Crippen LogP contribution < -0.4 is 4.74 Å². The molecule has 2 rings (SSSR count). The van der Waals surface area contributed by atoms with Crippen molar-refractivity contribution in [2.45, 2.75) is 38.4 Å². The second kappa shape index (κ2) is 6.03. The van der Waals surface area contributed by atoms with E-state index >= 15 is 0 Å². The molecular formula is C14H20O3. The van der Waals surface area contributed by atoms with Gasteiger partial charge in [-0.3, -0.25) is 0 Å². The number of aliphatic hydroxyl groups is 1. The summed E-state index contributed by atoms with van der Waals surface area (Å²) in [5.41, 5.74) is 1.13. The number of rotatable bonds is 4. The predicted molar refractivity (Wildman–Crippen MR) is 66.2 cm³/mol. The molecule has 1 aliphatic heterocycles. The normalized spacial score (nSPS) is 22.1. The highest BCUT2D eigenvalue weighted by Crippen LogP contribution is 2.22. The fourth-order valence-corrected chi connectivity index (χ4v) is 1.94. The van der Waals surface area contributed by atoms with Crippen molar-refractivity contribution in [3.05, 3.63) is 29.8 Å². The Bertz CT molecular complexity index is 328. The summed E-state index contributed by atoms with van der Waals surface area (Å²) in [6.45, 7) is 2.97. The summed E-state index contributed by atoms with van der Waals surface area (Å²) in [6.07, 6.45) is 3.18. The van der Waals surface area contributed by atoms with E-state index in [1.165, 1.54) is 6.42 Å². The molecule has 0 aromatic heterocycles. The summed E-state index contributed by atoms with van der Waals surface area (Å²) in [4.78, 5) is 0. The van der Waals surface area contributed by atoms with Gasteiger partial charge in [-0.1, -0.05) is 19.1 Å². The quantitative estimate of drug-likeness (QED) is 0.873. The monoisotopic (exact) mass is 236 g/mol. The third-order valence-corrected chi connectivity index (χ3v) is 3.13. The molecule has 0 spiro atoms. The first-order valence-corrected chi connectivity index (χ1v) is 6.28. The van der Waals surface area contributed by atoms with Crippen LogP contribution in [0.25, 0.3) is 0 Å². The number of hydrogen-bond acceptors (Lipinski definition) is 3. The molecule has 3 heteroatoms. The number of aliphatic hydroxyl groups excluding tert-OH is 1. The smallest absolute Gasteiger partial charge is 0.199 e. The molecule has 1 saturated heterocycles. The zero-order valence-corrected chi connectivity index (χ0v) is 10.3. The van der Waals surface area contributed by atoms with Gasteiger partial charge in [0, 0.05) is 18.9 Å². The molecule has 0 amide bonds. The van der Waals surface area contributed by atoms with E-state index < -0.39 is 0 Å². The average Bonchev–Trinajstić information content (AvgIpc) is 2.40. The maximum Gasteiger partial charge on any atom is 0.199 e. The zero-order chi connectivity index (χ0) is 12.1. The van der Waals surface area contributed by atoms with Crippen molar-refractivity contribution < 1.29 is 14.6 Å². The van der Waals surface area contributed by atoms with E-state index in [1.807, 2.05) is 31.2 Å². The van der Waals surface area contributed by atoms with Crippen molar-refractivity contribution in [2.24, 2.45) is 0 Å². The fraction of sp³-hybridized carbons (Fsp3) is 0.571. The Hall–Kier alpha value is -1.06. The summed E-state index contributed by atoms with van der Waals surface area (Å²) >= 11 is 0. The van der Waals surface area contributed by atoms with E-state index in [0.717, 1.165) is 30.8 Å². The van der Waals surface area contributed by atoms with Gasteiger partial charge in [-0.15, -0.1) is 0 Å². The molecule has 0 aliphatic carbocycles. The molecule has 17 heavy (non-hydrogen) atoms. The lowest BCUT2D eigenvalue weighted by Crippen LogP contribution is -2.24. The van der Waals surface area contributed by atoms with Gasteiger partial charge in [-0.25, -0.2) is 0 Å². The Labute approximate surface area is 102 Å². The molecule has 1 aromatic carbocycles. The van der Waals surface area contributed by atoms with E-state index in [1.54, 1.807) is 0 Å². The Balaban J connectivity index is 1.93. The minimum atomic E-state index is -0.0927. The van der Waals surface area contributed by atoms with Crippen LogP contribution >= 0.6 is 0 Å². The van der Waals surface area contributed by atoms with Gasteiger partial charge in [0.25, 0.3) is 0 Å². The zero-order valence-electron chi connectivity index (χ0n) is 10.3. The molecule has 1 aliphatic rings. The van der Waals surface area contributed by atoms with Gasteiger partial charge in [-0.05, 0) is 30.5 Å². The highest BCUT2D eigenvalue weighted by Gasteiger charge is 2.15. The first-order chi connectivity index (χ1) is 8.29. The molecular weight excluding hydrogens is 216 g/mol. The highest BCUT2D eigenvalue weighted by atomic mass is 16.7. The Morgan fingerprint density at radius 2 is 2.12 bits per heavy atom. The van der Waals surface area contributed by atoms with Crippen molar-refractivity contribution in [3.8, 4) is 5.75 Å². The van der Waals surface area contributed by atoms with Gasteiger partial charge in [0.1, 0.15) is 5.75 Å². The van der Waals surface area contributed by atoms with Crippen molar-refractivity contribution in [3.63, 3.8) is 0 Å². The molecule has 1 aromatic rings. The molecule has 2 unspecified atom stereocenters. The standard InChI is InChI=1S/C14H20O3/c1-11(10-15)12-5-7-13(8-6-12)17-14-4-2-3-9-16-14/h5-8,11,14-15H,2-4,9-10H2,1H3. The third-order valence-electron chi connectivity index (χ3n) is 3.13. The van der Waals surface area contributed by atoms with Crippen LogP contribution in [0.1, 0.15) is 37.7 Å². The molecule has 0 radical (unpaired) electrons. The first kappa shape index (κ1) is 12.4. The van der Waals surface area contributed by atoms with E-state index in [2.05, 4.69) is 0 Å². The van der Waals surface area contributed by atoms with Crippen molar-refractivity contribution in [1.29, 1.82) is 0 Å². The van der Waals surface area contributed by atoms with E-state index in [4.69, 9.17) is 14.6 Å². The Kier molecular flexibility index (Phi) is 4.40. The third kappa shape index (κ3) is 3.45. The molecule has 3 nitrogen and oxygen atoms in total. The summed E-state index contributed by atoms with van der Waals surface area (Å²) in [5, 5.41) is 9.07. The van der Waals surface area contributed by atoms with E-state index in [0.29, 0.717) is 0 Å². The van der Waals surface area contributed by atoms with Crippen molar-refractivity contribution in [2.75, 3.05) is 13.2 Å². The lowest BCUT2D eigenvalue weighted by atomic mass is 10.0. The van der Waals surface area contributed by atoms with Gasteiger partial charge in [0.2, 0.25) is 0 Å². The second-order valence-electron chi connectivity index (χ2n) is 4.57. The highest BCUT2D eigenvalue weighted by molar-refractivity contribution is 5.29. The van der Waals surface area contributed by atoms with E-state index in [-0.39, 0.29) is 18.8 Å². The average molecular weight is 236 g/mol. The van der Waals surface area contributed by atoms with E-state index in [9.17, 15) is 0 Å².